The predicted molar refractivity (Wildman–Crippen MR) is 137 cm³/mol. The number of amides is 1. The molecule has 0 saturated carbocycles. The van der Waals surface area contributed by atoms with Crippen molar-refractivity contribution in [3.63, 3.8) is 0 Å². The van der Waals surface area contributed by atoms with Crippen molar-refractivity contribution in [1.82, 2.24) is 10.6 Å². The van der Waals surface area contributed by atoms with Gasteiger partial charge in [-0.25, -0.2) is 0 Å². The van der Waals surface area contributed by atoms with E-state index in [1.54, 1.807) is 0 Å². The minimum atomic E-state index is -4.30. The van der Waals surface area contributed by atoms with E-state index in [2.05, 4.69) is 17.6 Å². The molecule has 0 aliphatic carbocycles. The van der Waals surface area contributed by atoms with E-state index in [4.69, 9.17) is 0 Å². The first kappa shape index (κ1) is 28.9. The number of nitrogens with one attached hydrogen (secondary N) is 2. The van der Waals surface area contributed by atoms with Gasteiger partial charge >= 0.3 is 6.18 Å². The van der Waals surface area contributed by atoms with Crippen LogP contribution in [0.5, 0.6) is 0 Å². The molecule has 2 aromatic rings. The first-order valence-electron chi connectivity index (χ1n) is 13.1. The van der Waals surface area contributed by atoms with Gasteiger partial charge in [-0.05, 0) is 54.8 Å². The number of carbonyl (C=O) groups excluding carboxylic acids is 1. The van der Waals surface area contributed by atoms with Gasteiger partial charge in [0.1, 0.15) is 0 Å². The third-order valence-corrected chi connectivity index (χ3v) is 6.23. The molecule has 6 heteroatoms. The van der Waals surface area contributed by atoms with Crippen molar-refractivity contribution in [2.24, 2.45) is 0 Å². The van der Waals surface area contributed by atoms with Crippen LogP contribution < -0.4 is 10.6 Å². The predicted octanol–water partition coefficient (Wildman–Crippen LogP) is 7.69. The van der Waals surface area contributed by atoms with Crippen LogP contribution in [0.4, 0.5) is 13.2 Å². The van der Waals surface area contributed by atoms with Crippen LogP contribution in [0.3, 0.4) is 0 Å². The Morgan fingerprint density at radius 1 is 0.714 bits per heavy atom. The van der Waals surface area contributed by atoms with Crippen molar-refractivity contribution >= 4 is 5.91 Å². The molecular formula is C29H41F3N2O. The molecular weight excluding hydrogens is 449 g/mol. The summed E-state index contributed by atoms with van der Waals surface area (Å²) in [5.74, 6) is -0.0391. The van der Waals surface area contributed by atoms with Gasteiger partial charge in [0, 0.05) is 18.7 Å². The minimum absolute atomic E-state index is 0.0391. The summed E-state index contributed by atoms with van der Waals surface area (Å²) >= 11 is 0. The van der Waals surface area contributed by atoms with Crippen molar-refractivity contribution in [3.8, 4) is 0 Å². The highest BCUT2D eigenvalue weighted by Gasteiger charge is 2.29. The van der Waals surface area contributed by atoms with E-state index in [1.165, 1.54) is 63.5 Å². The number of hydrogen-bond acceptors (Lipinski definition) is 2. The highest BCUT2D eigenvalue weighted by Crippen LogP contribution is 2.29. The summed E-state index contributed by atoms with van der Waals surface area (Å²) in [4.78, 5) is 12.3. The molecule has 0 atom stereocenters. The van der Waals surface area contributed by atoms with Gasteiger partial charge in [0.05, 0.1) is 5.56 Å². The number of benzene rings is 2. The molecule has 0 aliphatic rings. The maximum absolute atomic E-state index is 12.6. The van der Waals surface area contributed by atoms with E-state index in [9.17, 15) is 18.0 Å². The monoisotopic (exact) mass is 490 g/mol. The van der Waals surface area contributed by atoms with E-state index in [-0.39, 0.29) is 5.91 Å². The van der Waals surface area contributed by atoms with Crippen molar-refractivity contribution in [3.05, 3.63) is 70.8 Å². The fourth-order valence-electron chi connectivity index (χ4n) is 4.02. The summed E-state index contributed by atoms with van der Waals surface area (Å²) in [5.41, 5.74) is 1.95. The van der Waals surface area contributed by atoms with E-state index >= 15 is 0 Å². The molecule has 0 radical (unpaired) electrons. The first-order chi connectivity index (χ1) is 16.9. The normalized spacial score (nSPS) is 11.5. The Hall–Kier alpha value is -2.34. The molecule has 2 rings (SSSR count). The van der Waals surface area contributed by atoms with Gasteiger partial charge in [-0.1, -0.05) is 89.0 Å². The lowest BCUT2D eigenvalue weighted by molar-refractivity contribution is -0.137. The number of carbonyl (C=O) groups is 1. The number of unbranched alkanes of at least 4 members (excludes halogenated alkanes) is 9. The average molecular weight is 491 g/mol. The highest BCUT2D eigenvalue weighted by molar-refractivity contribution is 5.94. The zero-order valence-corrected chi connectivity index (χ0v) is 21.1. The van der Waals surface area contributed by atoms with E-state index in [0.717, 1.165) is 36.1 Å². The number of hydrogen-bond donors (Lipinski definition) is 2. The lowest BCUT2D eigenvalue weighted by Crippen LogP contribution is -2.24. The van der Waals surface area contributed by atoms with Gasteiger partial charge < -0.3 is 10.6 Å². The zero-order valence-electron chi connectivity index (χ0n) is 21.1. The largest absolute Gasteiger partial charge is 0.416 e. The Kier molecular flexibility index (Phi) is 13.5. The van der Waals surface area contributed by atoms with Gasteiger partial charge in [-0.2, -0.15) is 13.2 Å². The summed E-state index contributed by atoms with van der Waals surface area (Å²) in [5, 5.41) is 6.30. The van der Waals surface area contributed by atoms with Crippen LogP contribution in [0.15, 0.2) is 48.5 Å². The van der Waals surface area contributed by atoms with Crippen LogP contribution in [-0.2, 0) is 19.1 Å². The molecule has 0 fully saturated rings. The van der Waals surface area contributed by atoms with Crippen LogP contribution in [0, 0.1) is 0 Å². The Labute approximate surface area is 208 Å². The van der Waals surface area contributed by atoms with Gasteiger partial charge in [0.25, 0.3) is 5.91 Å². The minimum Gasteiger partial charge on any atom is -0.352 e. The molecule has 0 spiro atoms. The smallest absolute Gasteiger partial charge is 0.352 e. The highest BCUT2D eigenvalue weighted by atomic mass is 19.4. The fraction of sp³-hybridized carbons (Fsp3) is 0.552. The molecule has 0 aromatic heterocycles. The second-order valence-electron chi connectivity index (χ2n) is 9.26. The van der Waals surface area contributed by atoms with E-state index < -0.39 is 11.7 Å². The average Bonchev–Trinajstić information content (AvgIpc) is 2.85. The molecule has 0 unspecified atom stereocenters. The van der Waals surface area contributed by atoms with Gasteiger partial charge in [-0.3, -0.25) is 4.79 Å². The SMILES string of the molecule is CCCCCCCCCCCCNC(=O)c1ccc(CNCCc2ccc(C(F)(F)F)cc2)cc1. The second kappa shape index (κ2) is 16.4. The Balaban J connectivity index is 1.54. The molecule has 2 aromatic carbocycles. The Morgan fingerprint density at radius 3 is 1.83 bits per heavy atom. The Bertz CT molecular complexity index is 833. The maximum Gasteiger partial charge on any atom is 0.416 e. The summed E-state index contributed by atoms with van der Waals surface area (Å²) in [6.45, 7) is 4.25. The summed E-state index contributed by atoms with van der Waals surface area (Å²) in [7, 11) is 0. The Morgan fingerprint density at radius 2 is 1.26 bits per heavy atom. The molecule has 35 heavy (non-hydrogen) atoms. The quantitative estimate of drug-likeness (QED) is 0.223. The second-order valence-corrected chi connectivity index (χ2v) is 9.26. The van der Waals surface area contributed by atoms with Crippen molar-refractivity contribution in [2.75, 3.05) is 13.1 Å². The molecule has 0 aliphatic heterocycles. The summed E-state index contributed by atoms with van der Waals surface area (Å²) in [6, 6.07) is 12.8. The van der Waals surface area contributed by atoms with Crippen LogP contribution in [-0.4, -0.2) is 19.0 Å². The van der Waals surface area contributed by atoms with Crippen LogP contribution in [0.25, 0.3) is 0 Å². The van der Waals surface area contributed by atoms with Gasteiger partial charge in [-0.15, -0.1) is 0 Å². The molecule has 194 valence electrons. The topological polar surface area (TPSA) is 41.1 Å². The zero-order chi connectivity index (χ0) is 25.4. The van der Waals surface area contributed by atoms with E-state index in [1.807, 2.05) is 24.3 Å². The lowest BCUT2D eigenvalue weighted by atomic mass is 10.1. The standard InChI is InChI=1S/C29H41F3N2O/c1-2-3-4-5-6-7-8-9-10-11-21-34-28(35)26-16-12-25(13-17-26)23-33-22-20-24-14-18-27(19-15-24)29(30,31)32/h12-19,33H,2-11,20-23H2,1H3,(H,34,35). The molecule has 1 amide bonds. The molecule has 0 heterocycles. The van der Waals surface area contributed by atoms with Crippen molar-refractivity contribution in [2.45, 2.75) is 90.3 Å². The van der Waals surface area contributed by atoms with Gasteiger partial charge in [0.2, 0.25) is 0 Å². The molecule has 3 nitrogen and oxygen atoms in total. The van der Waals surface area contributed by atoms with Gasteiger partial charge in [0.15, 0.2) is 0 Å². The molecule has 0 bridgehead atoms. The molecule has 2 N–H and O–H groups in total. The van der Waals surface area contributed by atoms with Crippen LogP contribution in [0.1, 0.15) is 98.2 Å². The summed E-state index contributed by atoms with van der Waals surface area (Å²) < 4.78 is 37.9. The fourth-order valence-corrected chi connectivity index (χ4v) is 4.02. The van der Waals surface area contributed by atoms with Crippen LogP contribution >= 0.6 is 0 Å². The molecule has 0 saturated heterocycles. The van der Waals surface area contributed by atoms with Crippen LogP contribution in [0.2, 0.25) is 0 Å². The van der Waals surface area contributed by atoms with Crippen molar-refractivity contribution in [1.29, 1.82) is 0 Å². The number of rotatable bonds is 17. The first-order valence-corrected chi connectivity index (χ1v) is 13.1. The van der Waals surface area contributed by atoms with E-state index in [0.29, 0.717) is 31.6 Å². The maximum atomic E-state index is 12.6. The third-order valence-electron chi connectivity index (χ3n) is 6.23. The lowest BCUT2D eigenvalue weighted by Gasteiger charge is -2.09. The summed E-state index contributed by atoms with van der Waals surface area (Å²) in [6.07, 6.45) is 9.11. The number of alkyl halides is 3. The third kappa shape index (κ3) is 12.3. The van der Waals surface area contributed by atoms with Crippen molar-refractivity contribution < 1.29 is 18.0 Å². The number of halogens is 3.